The first kappa shape index (κ1) is 17.3. The first-order valence-corrected chi connectivity index (χ1v) is 10.1. The molecule has 26 heavy (non-hydrogen) atoms. The molecule has 1 saturated heterocycles. The van der Waals surface area contributed by atoms with Crippen LogP contribution in [0.25, 0.3) is 10.8 Å². The van der Waals surface area contributed by atoms with Gasteiger partial charge >= 0.3 is 0 Å². The number of nitrogens with one attached hydrogen (secondary N) is 1. The maximum Gasteiger partial charge on any atom is 0.251 e. The van der Waals surface area contributed by atoms with E-state index < -0.39 is 0 Å². The Hall–Kier alpha value is -2.10. The Kier molecular flexibility index (Phi) is 5.09. The SMILES string of the molecule is CNC(=O)c1ccc2cncc(N3CCC(C4CCCCC4)CC3)c2c1. The highest BCUT2D eigenvalue weighted by atomic mass is 16.1. The van der Waals surface area contributed by atoms with Crippen LogP contribution in [0.2, 0.25) is 0 Å². The van der Waals surface area contributed by atoms with Gasteiger partial charge in [0.15, 0.2) is 0 Å². The van der Waals surface area contributed by atoms with Crippen LogP contribution in [0.1, 0.15) is 55.3 Å². The minimum atomic E-state index is -0.0364. The van der Waals surface area contributed by atoms with Crippen molar-refractivity contribution in [3.63, 3.8) is 0 Å². The molecule has 2 aliphatic rings. The summed E-state index contributed by atoms with van der Waals surface area (Å²) in [6.07, 6.45) is 13.6. The molecule has 0 radical (unpaired) electrons. The van der Waals surface area contributed by atoms with Crippen molar-refractivity contribution in [2.75, 3.05) is 25.0 Å². The van der Waals surface area contributed by atoms with Crippen molar-refractivity contribution >= 4 is 22.4 Å². The number of nitrogens with zero attached hydrogens (tertiary/aromatic N) is 2. The molecule has 1 saturated carbocycles. The van der Waals surface area contributed by atoms with E-state index >= 15 is 0 Å². The van der Waals surface area contributed by atoms with Gasteiger partial charge in [0.1, 0.15) is 0 Å². The maximum absolute atomic E-state index is 12.0. The smallest absolute Gasteiger partial charge is 0.251 e. The molecule has 0 spiro atoms. The fraction of sp³-hybridized carbons (Fsp3) is 0.545. The van der Waals surface area contributed by atoms with E-state index in [-0.39, 0.29) is 5.91 Å². The molecule has 1 N–H and O–H groups in total. The molecule has 2 heterocycles. The molecule has 0 bridgehead atoms. The Morgan fingerprint density at radius 3 is 2.50 bits per heavy atom. The van der Waals surface area contributed by atoms with Crippen LogP contribution in [0.15, 0.2) is 30.6 Å². The van der Waals surface area contributed by atoms with Crippen LogP contribution in [-0.4, -0.2) is 31.0 Å². The van der Waals surface area contributed by atoms with Gasteiger partial charge in [-0.15, -0.1) is 0 Å². The largest absolute Gasteiger partial charge is 0.370 e. The molecular formula is C22H29N3O. The zero-order chi connectivity index (χ0) is 17.9. The quantitative estimate of drug-likeness (QED) is 0.892. The summed E-state index contributed by atoms with van der Waals surface area (Å²) in [4.78, 5) is 18.9. The lowest BCUT2D eigenvalue weighted by molar-refractivity contribution is 0.0963. The lowest BCUT2D eigenvalue weighted by Crippen LogP contribution is -2.36. The standard InChI is InChI=1S/C22H29N3O/c1-23-22(26)18-7-8-19-14-24-15-21(20(19)13-18)25-11-9-17(10-12-25)16-5-3-2-4-6-16/h7-8,13-17H,2-6,9-12H2,1H3,(H,23,26). The van der Waals surface area contributed by atoms with E-state index in [9.17, 15) is 4.79 Å². The fourth-order valence-corrected chi connectivity index (χ4v) is 4.90. The Balaban J connectivity index is 1.54. The second kappa shape index (κ2) is 7.65. The average Bonchev–Trinajstić information content (AvgIpc) is 2.73. The third-order valence-electron chi connectivity index (χ3n) is 6.43. The molecule has 1 aliphatic carbocycles. The predicted molar refractivity (Wildman–Crippen MR) is 107 cm³/mol. The van der Waals surface area contributed by atoms with Crippen molar-refractivity contribution in [3.05, 3.63) is 36.2 Å². The van der Waals surface area contributed by atoms with Crippen molar-refractivity contribution in [2.24, 2.45) is 11.8 Å². The number of benzene rings is 1. The summed E-state index contributed by atoms with van der Waals surface area (Å²) in [6.45, 7) is 2.21. The zero-order valence-corrected chi connectivity index (χ0v) is 15.7. The van der Waals surface area contributed by atoms with Crippen LogP contribution in [0.4, 0.5) is 5.69 Å². The number of hydrogen-bond acceptors (Lipinski definition) is 3. The highest BCUT2D eigenvalue weighted by molar-refractivity contribution is 6.01. The van der Waals surface area contributed by atoms with E-state index in [0.29, 0.717) is 5.56 Å². The topological polar surface area (TPSA) is 45.2 Å². The van der Waals surface area contributed by atoms with E-state index in [4.69, 9.17) is 0 Å². The number of carbonyl (C=O) groups is 1. The summed E-state index contributed by atoms with van der Waals surface area (Å²) < 4.78 is 0. The maximum atomic E-state index is 12.0. The van der Waals surface area contributed by atoms with Gasteiger partial charge in [-0.1, -0.05) is 38.2 Å². The number of piperidine rings is 1. The Morgan fingerprint density at radius 1 is 1.04 bits per heavy atom. The molecule has 1 aromatic carbocycles. The molecule has 4 nitrogen and oxygen atoms in total. The molecule has 1 aliphatic heterocycles. The summed E-state index contributed by atoms with van der Waals surface area (Å²) in [7, 11) is 1.68. The molecular weight excluding hydrogens is 322 g/mol. The van der Waals surface area contributed by atoms with Gasteiger partial charge in [0, 0.05) is 42.7 Å². The van der Waals surface area contributed by atoms with Crippen LogP contribution in [0.5, 0.6) is 0 Å². The van der Waals surface area contributed by atoms with Crippen LogP contribution >= 0.6 is 0 Å². The van der Waals surface area contributed by atoms with Crippen molar-refractivity contribution in [1.29, 1.82) is 0 Å². The first-order chi connectivity index (χ1) is 12.8. The summed E-state index contributed by atoms with van der Waals surface area (Å²) in [5, 5.41) is 4.96. The molecule has 4 heteroatoms. The zero-order valence-electron chi connectivity index (χ0n) is 15.7. The summed E-state index contributed by atoms with van der Waals surface area (Å²) in [5.41, 5.74) is 1.89. The Labute approximate surface area is 156 Å². The van der Waals surface area contributed by atoms with E-state index in [1.165, 1.54) is 50.6 Å². The van der Waals surface area contributed by atoms with Gasteiger partial charge < -0.3 is 10.2 Å². The number of amides is 1. The third kappa shape index (κ3) is 3.42. The normalized spacial score (nSPS) is 19.7. The lowest BCUT2D eigenvalue weighted by Gasteiger charge is -2.38. The molecule has 138 valence electrons. The van der Waals surface area contributed by atoms with Crippen molar-refractivity contribution < 1.29 is 4.79 Å². The van der Waals surface area contributed by atoms with Gasteiger partial charge in [0.25, 0.3) is 5.91 Å². The average molecular weight is 351 g/mol. The molecule has 0 unspecified atom stereocenters. The van der Waals surface area contributed by atoms with Gasteiger partial charge in [-0.25, -0.2) is 0 Å². The third-order valence-corrected chi connectivity index (χ3v) is 6.43. The summed E-state index contributed by atoms with van der Waals surface area (Å²) >= 11 is 0. The minimum absolute atomic E-state index is 0.0364. The second-order valence-corrected chi connectivity index (χ2v) is 7.90. The molecule has 1 aromatic heterocycles. The highest BCUT2D eigenvalue weighted by Crippen LogP contribution is 2.37. The van der Waals surface area contributed by atoms with E-state index in [1.807, 2.05) is 30.6 Å². The number of pyridine rings is 1. The predicted octanol–water partition coefficient (Wildman–Crippen LogP) is 4.39. The van der Waals surface area contributed by atoms with Crippen LogP contribution < -0.4 is 10.2 Å². The number of rotatable bonds is 3. The number of anilines is 1. The van der Waals surface area contributed by atoms with Crippen LogP contribution in [0.3, 0.4) is 0 Å². The summed E-state index contributed by atoms with van der Waals surface area (Å²) in [6, 6.07) is 5.89. The number of hydrogen-bond donors (Lipinski definition) is 1. The molecule has 4 rings (SSSR count). The van der Waals surface area contributed by atoms with E-state index in [1.54, 1.807) is 7.05 Å². The molecule has 2 fully saturated rings. The number of aromatic nitrogens is 1. The Bertz CT molecular complexity index is 774. The lowest BCUT2D eigenvalue weighted by atomic mass is 9.76. The molecule has 0 atom stereocenters. The van der Waals surface area contributed by atoms with Crippen molar-refractivity contribution in [3.8, 4) is 0 Å². The van der Waals surface area contributed by atoms with Crippen molar-refractivity contribution in [1.82, 2.24) is 10.3 Å². The van der Waals surface area contributed by atoms with E-state index in [2.05, 4.69) is 15.2 Å². The van der Waals surface area contributed by atoms with Gasteiger partial charge in [-0.2, -0.15) is 0 Å². The highest BCUT2D eigenvalue weighted by Gasteiger charge is 2.28. The molecule has 1 amide bonds. The van der Waals surface area contributed by atoms with Gasteiger partial charge in [-0.05, 0) is 36.8 Å². The Morgan fingerprint density at radius 2 is 1.77 bits per heavy atom. The fourth-order valence-electron chi connectivity index (χ4n) is 4.90. The minimum Gasteiger partial charge on any atom is -0.370 e. The van der Waals surface area contributed by atoms with Crippen molar-refractivity contribution in [2.45, 2.75) is 44.9 Å². The first-order valence-electron chi connectivity index (χ1n) is 10.1. The van der Waals surface area contributed by atoms with Crippen LogP contribution in [0, 0.1) is 11.8 Å². The number of fused-ring (bicyclic) bond motifs is 1. The van der Waals surface area contributed by atoms with Gasteiger partial charge in [0.05, 0.1) is 11.9 Å². The van der Waals surface area contributed by atoms with Crippen LogP contribution in [-0.2, 0) is 0 Å². The van der Waals surface area contributed by atoms with Gasteiger partial charge in [-0.3, -0.25) is 9.78 Å². The monoisotopic (exact) mass is 351 g/mol. The van der Waals surface area contributed by atoms with E-state index in [0.717, 1.165) is 35.7 Å². The van der Waals surface area contributed by atoms with Gasteiger partial charge in [0.2, 0.25) is 0 Å². The number of carbonyl (C=O) groups excluding carboxylic acids is 1. The summed E-state index contributed by atoms with van der Waals surface area (Å²) in [5.74, 6) is 1.82. The molecule has 2 aromatic rings. The second-order valence-electron chi connectivity index (χ2n) is 7.90.